The van der Waals surface area contributed by atoms with Crippen LogP contribution in [-0.2, 0) is 10.2 Å². The molecule has 5 heteroatoms. The number of unbranched alkanes of at least 4 members (excludes halogenated alkanes) is 1. The smallest absolute Gasteiger partial charge is 0.256 e. The molecule has 4 nitrogen and oxygen atoms in total. The van der Waals surface area contributed by atoms with E-state index in [-0.39, 0.29) is 5.91 Å². The molecule has 0 fully saturated rings. The van der Waals surface area contributed by atoms with Crippen molar-refractivity contribution in [2.75, 3.05) is 12.3 Å². The van der Waals surface area contributed by atoms with Gasteiger partial charge < -0.3 is 9.73 Å². The van der Waals surface area contributed by atoms with E-state index < -0.39 is 5.41 Å². The molecule has 0 bridgehead atoms. The highest BCUT2D eigenvalue weighted by molar-refractivity contribution is 7.99. The van der Waals surface area contributed by atoms with Crippen molar-refractivity contribution in [2.45, 2.75) is 43.2 Å². The maximum Gasteiger partial charge on any atom is 0.256 e. The van der Waals surface area contributed by atoms with Gasteiger partial charge >= 0.3 is 0 Å². The van der Waals surface area contributed by atoms with Crippen molar-refractivity contribution >= 4 is 28.8 Å². The largest absolute Gasteiger partial charge is 0.431 e. The molecule has 1 heterocycles. The SMILES string of the molecule is CCCNC(=O)C1(CCCCSc2nc3ccccc3o2)c2ccccc2-c2ccccc21. The summed E-state index contributed by atoms with van der Waals surface area (Å²) in [6, 6.07) is 24.6. The molecule has 4 aromatic rings. The molecule has 3 aromatic carbocycles. The lowest BCUT2D eigenvalue weighted by Gasteiger charge is -2.31. The van der Waals surface area contributed by atoms with E-state index in [0.717, 1.165) is 53.7 Å². The monoisotopic (exact) mass is 456 g/mol. The molecule has 168 valence electrons. The van der Waals surface area contributed by atoms with Gasteiger partial charge in [0.25, 0.3) is 5.22 Å². The Labute approximate surface area is 198 Å². The van der Waals surface area contributed by atoms with Crippen molar-refractivity contribution in [3.63, 3.8) is 0 Å². The highest BCUT2D eigenvalue weighted by Gasteiger charge is 2.48. The number of hydrogen-bond acceptors (Lipinski definition) is 4. The minimum atomic E-state index is -0.634. The van der Waals surface area contributed by atoms with Crippen molar-refractivity contribution in [1.29, 1.82) is 0 Å². The van der Waals surface area contributed by atoms with Crippen LogP contribution in [-0.4, -0.2) is 23.2 Å². The van der Waals surface area contributed by atoms with Gasteiger partial charge in [0.05, 0.1) is 0 Å². The fourth-order valence-corrected chi connectivity index (χ4v) is 5.74. The van der Waals surface area contributed by atoms with Crippen LogP contribution in [0.25, 0.3) is 22.2 Å². The molecular formula is C28H28N2O2S. The molecular weight excluding hydrogens is 428 g/mol. The number of nitrogens with one attached hydrogen (secondary N) is 1. The molecule has 0 spiro atoms. The number of para-hydroxylation sites is 2. The predicted octanol–water partition coefficient (Wildman–Crippen LogP) is 6.58. The molecule has 0 radical (unpaired) electrons. The zero-order valence-corrected chi connectivity index (χ0v) is 19.7. The fourth-order valence-electron chi connectivity index (χ4n) is 4.91. The Morgan fingerprint density at radius 1 is 0.939 bits per heavy atom. The number of aromatic nitrogens is 1. The Hall–Kier alpha value is -3.05. The Kier molecular flexibility index (Phi) is 6.23. The molecule has 1 aliphatic rings. The summed E-state index contributed by atoms with van der Waals surface area (Å²) in [6.45, 7) is 2.78. The number of oxazole rings is 1. The third kappa shape index (κ3) is 3.95. The summed E-state index contributed by atoms with van der Waals surface area (Å²) in [5, 5.41) is 3.92. The lowest BCUT2D eigenvalue weighted by Crippen LogP contribution is -2.44. The van der Waals surface area contributed by atoms with Gasteiger partial charge in [0.2, 0.25) is 5.91 Å². The van der Waals surface area contributed by atoms with E-state index in [4.69, 9.17) is 4.42 Å². The Balaban J connectivity index is 1.35. The van der Waals surface area contributed by atoms with Crippen molar-refractivity contribution < 1.29 is 9.21 Å². The molecule has 1 aromatic heterocycles. The standard InChI is InChI=1S/C28H28N2O2S/c1-2-18-29-26(31)28(22-13-5-3-11-20(22)21-12-4-6-14-23(21)28)17-9-10-19-33-27-30-24-15-7-8-16-25(24)32-27/h3-8,11-16H,2,9-10,17-19H2,1H3,(H,29,31). The molecule has 0 saturated carbocycles. The zero-order valence-electron chi connectivity index (χ0n) is 18.8. The van der Waals surface area contributed by atoms with Gasteiger partial charge in [0.15, 0.2) is 5.58 Å². The van der Waals surface area contributed by atoms with E-state index in [2.05, 4.69) is 65.8 Å². The Bertz CT molecular complexity index is 1200. The lowest BCUT2D eigenvalue weighted by molar-refractivity contribution is -0.125. The van der Waals surface area contributed by atoms with Crippen molar-refractivity contribution in [1.82, 2.24) is 10.3 Å². The van der Waals surface area contributed by atoms with E-state index in [1.54, 1.807) is 11.8 Å². The van der Waals surface area contributed by atoms with Crippen molar-refractivity contribution in [3.05, 3.63) is 83.9 Å². The highest BCUT2D eigenvalue weighted by Crippen LogP contribution is 2.51. The summed E-state index contributed by atoms with van der Waals surface area (Å²) in [6.07, 6.45) is 3.63. The first-order valence-corrected chi connectivity index (χ1v) is 12.7. The Morgan fingerprint density at radius 2 is 1.61 bits per heavy atom. The number of fused-ring (bicyclic) bond motifs is 4. The molecule has 0 saturated heterocycles. The van der Waals surface area contributed by atoms with Gasteiger partial charge in [-0.15, -0.1) is 0 Å². The van der Waals surface area contributed by atoms with Gasteiger partial charge in [0, 0.05) is 12.3 Å². The van der Waals surface area contributed by atoms with Gasteiger partial charge in [-0.05, 0) is 53.6 Å². The van der Waals surface area contributed by atoms with Crippen LogP contribution in [0.4, 0.5) is 0 Å². The molecule has 0 atom stereocenters. The molecule has 0 unspecified atom stereocenters. The van der Waals surface area contributed by atoms with E-state index in [0.29, 0.717) is 11.8 Å². The first-order valence-electron chi connectivity index (χ1n) is 11.7. The average Bonchev–Trinajstić information content (AvgIpc) is 3.40. The molecule has 1 amide bonds. The topological polar surface area (TPSA) is 55.1 Å². The van der Waals surface area contributed by atoms with Crippen LogP contribution in [0, 0.1) is 0 Å². The van der Waals surface area contributed by atoms with Crippen molar-refractivity contribution in [2.24, 2.45) is 0 Å². The number of hydrogen-bond donors (Lipinski definition) is 1. The number of carbonyl (C=O) groups excluding carboxylic acids is 1. The molecule has 0 aliphatic heterocycles. The molecule has 5 rings (SSSR count). The second-order valence-corrected chi connectivity index (χ2v) is 9.55. The van der Waals surface area contributed by atoms with Crippen molar-refractivity contribution in [3.8, 4) is 11.1 Å². The highest BCUT2D eigenvalue weighted by atomic mass is 32.2. The van der Waals surface area contributed by atoms with E-state index >= 15 is 0 Å². The summed E-state index contributed by atoms with van der Waals surface area (Å²) >= 11 is 1.64. The van der Waals surface area contributed by atoms with Crippen LogP contribution in [0.15, 0.2) is 82.4 Å². The van der Waals surface area contributed by atoms with Gasteiger partial charge in [-0.1, -0.05) is 85.8 Å². The number of nitrogens with zero attached hydrogens (tertiary/aromatic N) is 1. The lowest BCUT2D eigenvalue weighted by atomic mass is 9.73. The normalized spacial score (nSPS) is 13.6. The third-order valence-electron chi connectivity index (χ3n) is 6.43. The predicted molar refractivity (Wildman–Crippen MR) is 135 cm³/mol. The summed E-state index contributed by atoms with van der Waals surface area (Å²) < 4.78 is 5.83. The maximum absolute atomic E-state index is 13.7. The van der Waals surface area contributed by atoms with Crippen LogP contribution in [0.5, 0.6) is 0 Å². The van der Waals surface area contributed by atoms with E-state index in [9.17, 15) is 4.79 Å². The average molecular weight is 457 g/mol. The Morgan fingerprint density at radius 3 is 2.30 bits per heavy atom. The van der Waals surface area contributed by atoms with E-state index in [1.165, 1.54) is 11.1 Å². The quantitative estimate of drug-likeness (QED) is 0.228. The first kappa shape index (κ1) is 21.8. The minimum Gasteiger partial charge on any atom is -0.431 e. The molecule has 33 heavy (non-hydrogen) atoms. The van der Waals surface area contributed by atoms with Crippen LogP contribution in [0.3, 0.4) is 0 Å². The number of thioether (sulfide) groups is 1. The van der Waals surface area contributed by atoms with Crippen LogP contribution in [0.1, 0.15) is 43.7 Å². The molecule has 1 aliphatic carbocycles. The summed E-state index contributed by atoms with van der Waals surface area (Å²) in [4.78, 5) is 18.3. The summed E-state index contributed by atoms with van der Waals surface area (Å²) in [5.41, 5.74) is 5.71. The number of benzene rings is 3. The summed E-state index contributed by atoms with van der Waals surface area (Å²) in [7, 11) is 0. The fraction of sp³-hybridized carbons (Fsp3) is 0.286. The van der Waals surface area contributed by atoms with Gasteiger partial charge in [-0.2, -0.15) is 0 Å². The summed E-state index contributed by atoms with van der Waals surface area (Å²) in [5.74, 6) is 1.02. The van der Waals surface area contributed by atoms with E-state index in [1.807, 2.05) is 24.3 Å². The maximum atomic E-state index is 13.7. The van der Waals surface area contributed by atoms with Crippen LogP contribution in [0.2, 0.25) is 0 Å². The van der Waals surface area contributed by atoms with Gasteiger partial charge in [-0.3, -0.25) is 4.79 Å². The molecule has 1 N–H and O–H groups in total. The second-order valence-electron chi connectivity index (χ2n) is 8.51. The van der Waals surface area contributed by atoms with Crippen LogP contribution < -0.4 is 5.32 Å². The third-order valence-corrected chi connectivity index (χ3v) is 7.35. The second kappa shape index (κ2) is 9.44. The van der Waals surface area contributed by atoms with Gasteiger partial charge in [-0.25, -0.2) is 4.98 Å². The van der Waals surface area contributed by atoms with Crippen LogP contribution >= 0.6 is 11.8 Å². The first-order chi connectivity index (χ1) is 16.2. The number of rotatable bonds is 9. The number of carbonyl (C=O) groups is 1. The van der Waals surface area contributed by atoms with Gasteiger partial charge in [0.1, 0.15) is 10.9 Å². The minimum absolute atomic E-state index is 0.119. The zero-order chi connectivity index (χ0) is 22.7. The number of amides is 1.